The van der Waals surface area contributed by atoms with Gasteiger partial charge >= 0.3 is 39.5 Å². The number of esters is 4. The molecule has 0 rings (SSSR count). The number of hydrogen-bond acceptors (Lipinski definition) is 15. The zero-order valence-electron chi connectivity index (χ0n) is 59.5. The molecule has 0 radical (unpaired) electrons. The van der Waals surface area contributed by atoms with Gasteiger partial charge in [0.1, 0.15) is 19.3 Å². The van der Waals surface area contributed by atoms with Crippen LogP contribution in [0.15, 0.2) is 0 Å². The molecule has 0 bridgehead atoms. The summed E-state index contributed by atoms with van der Waals surface area (Å²) in [7, 11) is -9.91. The van der Waals surface area contributed by atoms with Crippen molar-refractivity contribution in [3.63, 3.8) is 0 Å². The summed E-state index contributed by atoms with van der Waals surface area (Å²) < 4.78 is 68.3. The maximum absolute atomic E-state index is 13.0. The first kappa shape index (κ1) is 89.1. The summed E-state index contributed by atoms with van der Waals surface area (Å²) in [5.74, 6) is 0.871. The fraction of sp³-hybridized carbons (Fsp3) is 0.944. The van der Waals surface area contributed by atoms with E-state index in [1.165, 1.54) is 154 Å². The van der Waals surface area contributed by atoms with E-state index in [2.05, 4.69) is 55.4 Å². The highest BCUT2D eigenvalue weighted by Crippen LogP contribution is 2.45. The molecule has 0 saturated heterocycles. The van der Waals surface area contributed by atoms with E-state index in [-0.39, 0.29) is 25.7 Å². The maximum Gasteiger partial charge on any atom is 0.472 e. The summed E-state index contributed by atoms with van der Waals surface area (Å²) in [6.45, 7) is 14.1. The van der Waals surface area contributed by atoms with Crippen molar-refractivity contribution >= 4 is 39.5 Å². The Balaban J connectivity index is 5.23. The third kappa shape index (κ3) is 65.1. The average Bonchev–Trinajstić information content (AvgIpc) is 1.96. The van der Waals surface area contributed by atoms with E-state index < -0.39 is 97.5 Å². The second-order valence-corrected chi connectivity index (χ2v) is 30.6. The van der Waals surface area contributed by atoms with E-state index in [0.717, 1.165) is 120 Å². The van der Waals surface area contributed by atoms with Crippen molar-refractivity contribution in [2.24, 2.45) is 23.7 Å². The maximum atomic E-state index is 13.0. The average molecular weight is 1340 g/mol. The number of unbranched alkanes of at least 4 members (excludes halogenated alkanes) is 34. The van der Waals surface area contributed by atoms with Gasteiger partial charge in [-0.1, -0.05) is 306 Å². The second kappa shape index (κ2) is 61.6. The van der Waals surface area contributed by atoms with Crippen LogP contribution in [0, 0.1) is 23.7 Å². The van der Waals surface area contributed by atoms with Crippen molar-refractivity contribution in [2.45, 2.75) is 375 Å². The first-order chi connectivity index (χ1) is 43.6. The van der Waals surface area contributed by atoms with E-state index in [4.69, 9.17) is 37.0 Å². The van der Waals surface area contributed by atoms with Gasteiger partial charge in [0.25, 0.3) is 0 Å². The van der Waals surface area contributed by atoms with Crippen molar-refractivity contribution in [1.82, 2.24) is 0 Å². The number of phosphoric acid groups is 2. The van der Waals surface area contributed by atoms with Crippen molar-refractivity contribution in [3.8, 4) is 0 Å². The molecule has 0 saturated carbocycles. The number of rotatable bonds is 69. The zero-order valence-corrected chi connectivity index (χ0v) is 61.3. The monoisotopic (exact) mass is 1340 g/mol. The molecule has 0 aliphatic rings. The van der Waals surface area contributed by atoms with Crippen LogP contribution in [-0.4, -0.2) is 96.7 Å². The summed E-state index contributed by atoms with van der Waals surface area (Å²) >= 11 is 0. The molecular weight excluding hydrogens is 1200 g/mol. The van der Waals surface area contributed by atoms with Crippen LogP contribution in [0.3, 0.4) is 0 Å². The lowest BCUT2D eigenvalue weighted by Crippen LogP contribution is -2.30. The Morgan fingerprint density at radius 3 is 0.780 bits per heavy atom. The van der Waals surface area contributed by atoms with Gasteiger partial charge in [-0.05, 0) is 49.4 Å². The molecule has 0 aromatic heterocycles. The number of hydrogen-bond donors (Lipinski definition) is 3. The topological polar surface area (TPSA) is 237 Å². The minimum atomic E-state index is -4.95. The van der Waals surface area contributed by atoms with Crippen LogP contribution in [-0.2, 0) is 65.4 Å². The number of aliphatic hydroxyl groups is 1. The molecule has 0 amide bonds. The molecule has 0 aliphatic heterocycles. The van der Waals surface area contributed by atoms with Gasteiger partial charge in [0.05, 0.1) is 26.4 Å². The van der Waals surface area contributed by atoms with Crippen LogP contribution in [0.25, 0.3) is 0 Å². The Labute approximate surface area is 556 Å². The van der Waals surface area contributed by atoms with Gasteiger partial charge < -0.3 is 33.8 Å². The predicted molar refractivity (Wildman–Crippen MR) is 367 cm³/mol. The molecule has 3 unspecified atom stereocenters. The Hall–Kier alpha value is -1.94. The first-order valence-corrected chi connectivity index (χ1v) is 40.2. The molecule has 540 valence electrons. The van der Waals surface area contributed by atoms with Gasteiger partial charge in [-0.2, -0.15) is 0 Å². The highest BCUT2D eigenvalue weighted by molar-refractivity contribution is 7.47. The van der Waals surface area contributed by atoms with Crippen LogP contribution in [0.2, 0.25) is 0 Å². The number of carbonyl (C=O) groups excluding carboxylic acids is 4. The summed E-state index contributed by atoms with van der Waals surface area (Å²) in [5, 5.41) is 10.6. The van der Waals surface area contributed by atoms with Crippen molar-refractivity contribution < 1.29 is 80.2 Å². The van der Waals surface area contributed by atoms with E-state index in [9.17, 15) is 43.2 Å². The molecule has 0 aliphatic carbocycles. The Kier molecular flexibility index (Phi) is 60.3. The fourth-order valence-electron chi connectivity index (χ4n) is 10.8. The number of ether oxygens (including phenoxy) is 4. The molecule has 0 aromatic carbocycles. The zero-order chi connectivity index (χ0) is 67.5. The first-order valence-electron chi connectivity index (χ1n) is 37.2. The van der Waals surface area contributed by atoms with E-state index in [0.29, 0.717) is 25.7 Å². The molecule has 0 spiro atoms. The van der Waals surface area contributed by atoms with Crippen LogP contribution in [0.5, 0.6) is 0 Å². The molecular formula is C72H140O17P2. The molecule has 0 aromatic rings. The third-order valence-electron chi connectivity index (χ3n) is 16.9. The molecule has 0 heterocycles. The van der Waals surface area contributed by atoms with Gasteiger partial charge in [0.2, 0.25) is 0 Å². The molecule has 17 nitrogen and oxygen atoms in total. The van der Waals surface area contributed by atoms with Crippen LogP contribution >= 0.6 is 15.6 Å². The number of carbonyl (C=O) groups is 4. The SMILES string of the molecule is CCC(C)CCCCCCCCC(=O)OC[C@H](COP(=O)(O)OC[C@H](O)COP(=O)(O)OC[C@@H](COC(=O)CCCCCCCCCCCCCCCCC(C)C)OC(=O)CCCCCCCCCCC(C)C)OC(=O)CCCCCCCCCCCCC(C)C. The lowest BCUT2D eigenvalue weighted by Gasteiger charge is -2.21. The number of aliphatic hydroxyl groups excluding tert-OH is 1. The minimum absolute atomic E-state index is 0.104. The lowest BCUT2D eigenvalue weighted by molar-refractivity contribution is -0.161. The van der Waals surface area contributed by atoms with E-state index in [1.54, 1.807) is 0 Å². The summed E-state index contributed by atoms with van der Waals surface area (Å²) in [5.41, 5.74) is 0. The molecule has 6 atom stereocenters. The smallest absolute Gasteiger partial charge is 0.462 e. The Bertz CT molecular complexity index is 1800. The quantitative estimate of drug-likeness (QED) is 0.0222. The minimum Gasteiger partial charge on any atom is -0.462 e. The predicted octanol–water partition coefficient (Wildman–Crippen LogP) is 20.5. The summed E-state index contributed by atoms with van der Waals surface area (Å²) in [6.07, 6.45) is 44.5. The van der Waals surface area contributed by atoms with Gasteiger partial charge in [-0.25, -0.2) is 9.13 Å². The molecule has 19 heteroatoms. The fourth-order valence-corrected chi connectivity index (χ4v) is 12.4. The second-order valence-electron chi connectivity index (χ2n) is 27.6. The molecule has 91 heavy (non-hydrogen) atoms. The van der Waals surface area contributed by atoms with Crippen LogP contribution < -0.4 is 0 Å². The van der Waals surface area contributed by atoms with Crippen molar-refractivity contribution in [3.05, 3.63) is 0 Å². The normalized spacial score (nSPS) is 14.5. The van der Waals surface area contributed by atoms with Crippen LogP contribution in [0.1, 0.15) is 357 Å². The molecule has 3 N–H and O–H groups in total. The van der Waals surface area contributed by atoms with Crippen molar-refractivity contribution in [1.29, 1.82) is 0 Å². The van der Waals surface area contributed by atoms with Gasteiger partial charge in [0, 0.05) is 25.7 Å². The largest absolute Gasteiger partial charge is 0.472 e. The standard InChI is InChI=1S/C72H140O17P2/c1-9-65(8)51-43-35-30-31-37-45-53-70(75)83-59-68(88-71(76)54-46-38-28-21-17-16-19-25-33-41-49-63(4)5)61-87-91(80,81)85-57-66(73)56-84-90(78,79)86-60-67(89-72(77)55-47-39-29-23-22-26-34-42-50-64(6)7)58-82-69(74)52-44-36-27-20-15-13-11-10-12-14-18-24-32-40-48-62(2)3/h62-68,73H,9-61H2,1-8H3,(H,78,79)(H,80,81)/t65?,66-,67-,68-/m1/s1. The van der Waals surface area contributed by atoms with E-state index >= 15 is 0 Å². The van der Waals surface area contributed by atoms with Gasteiger partial charge in [0.15, 0.2) is 12.2 Å². The highest BCUT2D eigenvalue weighted by Gasteiger charge is 2.30. The third-order valence-corrected chi connectivity index (χ3v) is 18.8. The lowest BCUT2D eigenvalue weighted by atomic mass is 10.00. The van der Waals surface area contributed by atoms with Gasteiger partial charge in [-0.15, -0.1) is 0 Å². The van der Waals surface area contributed by atoms with Crippen molar-refractivity contribution in [2.75, 3.05) is 39.6 Å². The van der Waals surface area contributed by atoms with E-state index in [1.807, 2.05) is 0 Å². The van der Waals surface area contributed by atoms with Gasteiger partial charge in [-0.3, -0.25) is 37.3 Å². The van der Waals surface area contributed by atoms with Crippen LogP contribution in [0.4, 0.5) is 0 Å². The molecule has 0 fully saturated rings. The number of phosphoric ester groups is 2. The Morgan fingerprint density at radius 2 is 0.527 bits per heavy atom. The Morgan fingerprint density at radius 1 is 0.308 bits per heavy atom. The summed E-state index contributed by atoms with van der Waals surface area (Å²) in [6, 6.07) is 0. The highest BCUT2D eigenvalue weighted by atomic mass is 31.2. The summed E-state index contributed by atoms with van der Waals surface area (Å²) in [4.78, 5) is 72.6.